The first kappa shape index (κ1) is 19.4. The summed E-state index contributed by atoms with van der Waals surface area (Å²) in [5.41, 5.74) is 5.90. The first-order chi connectivity index (χ1) is 9.87. The average Bonchev–Trinajstić information content (AvgIpc) is 2.96. The van der Waals surface area contributed by atoms with Crippen LogP contribution in [-0.4, -0.2) is 44.9 Å². The zero-order chi connectivity index (χ0) is 15.6. The molecule has 22 heavy (non-hydrogen) atoms. The van der Waals surface area contributed by atoms with E-state index < -0.39 is 16.0 Å². The fraction of sp³-hybridized carbons (Fsp3) is 0.615. The molecule has 2 heterocycles. The summed E-state index contributed by atoms with van der Waals surface area (Å²) < 4.78 is 31.6. The van der Waals surface area contributed by atoms with Gasteiger partial charge in [-0.15, -0.1) is 23.7 Å². The molecule has 1 aromatic heterocycles. The highest BCUT2D eigenvalue weighted by atomic mass is 35.5. The molecule has 0 spiro atoms. The predicted octanol–water partition coefficient (Wildman–Crippen LogP) is 1.70. The van der Waals surface area contributed by atoms with Crippen molar-refractivity contribution in [1.82, 2.24) is 4.31 Å². The molecular formula is C13H21ClN2O4S2. The Balaban J connectivity index is 0.00000242. The van der Waals surface area contributed by atoms with Gasteiger partial charge in [0.2, 0.25) is 10.0 Å². The Morgan fingerprint density at radius 2 is 2.23 bits per heavy atom. The van der Waals surface area contributed by atoms with Crippen LogP contribution in [0.1, 0.15) is 29.4 Å². The van der Waals surface area contributed by atoms with Gasteiger partial charge in [0.15, 0.2) is 0 Å². The van der Waals surface area contributed by atoms with Crippen LogP contribution in [0.3, 0.4) is 0 Å². The second-order valence-corrected chi connectivity index (χ2v) is 8.05. The highest BCUT2D eigenvalue weighted by Gasteiger charge is 2.34. The molecule has 2 N–H and O–H groups in total. The maximum absolute atomic E-state index is 12.7. The van der Waals surface area contributed by atoms with E-state index in [4.69, 9.17) is 5.73 Å². The minimum atomic E-state index is -3.68. The van der Waals surface area contributed by atoms with E-state index in [1.54, 1.807) is 5.38 Å². The molecule has 0 bridgehead atoms. The first-order valence-electron chi connectivity index (χ1n) is 6.79. The third-order valence-electron chi connectivity index (χ3n) is 3.78. The predicted molar refractivity (Wildman–Crippen MR) is 88.0 cm³/mol. The summed E-state index contributed by atoms with van der Waals surface area (Å²) in [6.45, 7) is 2.75. The van der Waals surface area contributed by atoms with E-state index in [0.29, 0.717) is 13.1 Å². The highest BCUT2D eigenvalue weighted by molar-refractivity contribution is 7.89. The summed E-state index contributed by atoms with van der Waals surface area (Å²) in [5.74, 6) is -0.474. The van der Waals surface area contributed by atoms with Crippen molar-refractivity contribution in [3.05, 3.63) is 16.3 Å². The molecule has 126 valence electrons. The minimum absolute atomic E-state index is 0. The van der Waals surface area contributed by atoms with Gasteiger partial charge in [0.1, 0.15) is 9.77 Å². The van der Waals surface area contributed by atoms with Crippen molar-refractivity contribution in [2.24, 2.45) is 11.7 Å². The Labute approximate surface area is 141 Å². The summed E-state index contributed by atoms with van der Waals surface area (Å²) in [6.07, 6.45) is 1.71. The minimum Gasteiger partial charge on any atom is -0.465 e. The van der Waals surface area contributed by atoms with E-state index >= 15 is 0 Å². The fourth-order valence-corrected chi connectivity index (χ4v) is 5.35. The Morgan fingerprint density at radius 1 is 1.55 bits per heavy atom. The molecule has 1 saturated heterocycles. The largest absolute Gasteiger partial charge is 0.465 e. The van der Waals surface area contributed by atoms with Gasteiger partial charge in [0.05, 0.1) is 7.11 Å². The van der Waals surface area contributed by atoms with Gasteiger partial charge in [-0.2, -0.15) is 4.31 Å². The molecule has 0 radical (unpaired) electrons. The molecule has 2 unspecified atom stereocenters. The molecule has 0 aromatic carbocycles. The van der Waals surface area contributed by atoms with E-state index in [-0.39, 0.29) is 34.1 Å². The van der Waals surface area contributed by atoms with Crippen LogP contribution in [0.4, 0.5) is 0 Å². The van der Waals surface area contributed by atoms with Gasteiger partial charge in [0, 0.05) is 19.1 Å². The molecule has 9 heteroatoms. The van der Waals surface area contributed by atoms with Gasteiger partial charge in [-0.3, -0.25) is 0 Å². The third kappa shape index (κ3) is 3.80. The van der Waals surface area contributed by atoms with Crippen LogP contribution < -0.4 is 5.73 Å². The second kappa shape index (κ2) is 7.74. The van der Waals surface area contributed by atoms with E-state index in [1.807, 2.05) is 6.92 Å². The van der Waals surface area contributed by atoms with Crippen LogP contribution in [0, 0.1) is 5.92 Å². The standard InChI is InChI=1S/C13H20N2O4S2.ClH/c1-9(14)10-4-3-6-15(8-10)21(17,18)11-5-7-20-12(11)13(16)19-2;/h5,7,9-10H,3-4,6,8,14H2,1-2H3;1H. The number of rotatable bonds is 4. The monoisotopic (exact) mass is 368 g/mol. The number of nitrogens with zero attached hydrogens (tertiary/aromatic N) is 1. The molecule has 1 aliphatic heterocycles. The SMILES string of the molecule is COC(=O)c1sccc1S(=O)(=O)N1CCCC(C(C)N)C1.Cl. The van der Waals surface area contributed by atoms with Gasteiger partial charge in [-0.1, -0.05) is 0 Å². The van der Waals surface area contributed by atoms with Crippen molar-refractivity contribution in [3.8, 4) is 0 Å². The normalized spacial score (nSPS) is 21.0. The number of sulfonamides is 1. The van der Waals surface area contributed by atoms with Crippen molar-refractivity contribution in [2.75, 3.05) is 20.2 Å². The number of carbonyl (C=O) groups excluding carboxylic acids is 1. The number of piperidine rings is 1. The van der Waals surface area contributed by atoms with Crippen LogP contribution in [0.25, 0.3) is 0 Å². The second-order valence-electron chi connectivity index (χ2n) is 5.23. The molecule has 0 saturated carbocycles. The van der Waals surface area contributed by atoms with E-state index in [9.17, 15) is 13.2 Å². The molecule has 1 fully saturated rings. The molecule has 2 rings (SSSR count). The Morgan fingerprint density at radius 3 is 2.82 bits per heavy atom. The number of ether oxygens (including phenoxy) is 1. The summed E-state index contributed by atoms with van der Waals surface area (Å²) in [6, 6.07) is 1.41. The highest BCUT2D eigenvalue weighted by Crippen LogP contribution is 2.29. The van der Waals surface area contributed by atoms with Crippen LogP contribution in [0.5, 0.6) is 0 Å². The Kier molecular flexibility index (Phi) is 6.82. The molecule has 1 aliphatic rings. The number of hydrogen-bond donors (Lipinski definition) is 1. The lowest BCUT2D eigenvalue weighted by atomic mass is 9.93. The number of carbonyl (C=O) groups is 1. The van der Waals surface area contributed by atoms with Gasteiger partial charge < -0.3 is 10.5 Å². The lowest BCUT2D eigenvalue weighted by Crippen LogP contribution is -2.45. The number of esters is 1. The quantitative estimate of drug-likeness (QED) is 0.817. The van der Waals surface area contributed by atoms with Crippen LogP contribution in [-0.2, 0) is 14.8 Å². The molecule has 1 aromatic rings. The Bertz CT molecular complexity index is 615. The number of thiophene rings is 1. The van der Waals surface area contributed by atoms with Gasteiger partial charge in [-0.05, 0) is 37.1 Å². The smallest absolute Gasteiger partial charge is 0.349 e. The lowest BCUT2D eigenvalue weighted by molar-refractivity contribution is 0.0602. The van der Waals surface area contributed by atoms with Crippen molar-refractivity contribution in [3.63, 3.8) is 0 Å². The topological polar surface area (TPSA) is 89.7 Å². The maximum Gasteiger partial charge on any atom is 0.349 e. The van der Waals surface area contributed by atoms with E-state index in [2.05, 4.69) is 4.74 Å². The van der Waals surface area contributed by atoms with Gasteiger partial charge in [0.25, 0.3) is 0 Å². The maximum atomic E-state index is 12.7. The summed E-state index contributed by atoms with van der Waals surface area (Å²) in [7, 11) is -2.44. The zero-order valence-electron chi connectivity index (χ0n) is 12.5. The first-order valence-corrected chi connectivity index (χ1v) is 9.11. The van der Waals surface area contributed by atoms with Crippen LogP contribution >= 0.6 is 23.7 Å². The van der Waals surface area contributed by atoms with Crippen molar-refractivity contribution < 1.29 is 17.9 Å². The number of methoxy groups -OCH3 is 1. The number of halogens is 1. The molecule has 0 aliphatic carbocycles. The van der Waals surface area contributed by atoms with Crippen molar-refractivity contribution >= 4 is 39.7 Å². The van der Waals surface area contributed by atoms with Crippen LogP contribution in [0.15, 0.2) is 16.3 Å². The van der Waals surface area contributed by atoms with Crippen molar-refractivity contribution in [2.45, 2.75) is 30.7 Å². The summed E-state index contributed by atoms with van der Waals surface area (Å²) >= 11 is 1.08. The number of hydrogen-bond acceptors (Lipinski definition) is 6. The van der Waals surface area contributed by atoms with E-state index in [1.165, 1.54) is 17.5 Å². The fourth-order valence-electron chi connectivity index (χ4n) is 2.50. The van der Waals surface area contributed by atoms with Gasteiger partial charge >= 0.3 is 5.97 Å². The summed E-state index contributed by atoms with van der Waals surface area (Å²) in [4.78, 5) is 11.8. The average molecular weight is 369 g/mol. The third-order valence-corrected chi connectivity index (χ3v) is 6.71. The Hall–Kier alpha value is -0.670. The lowest BCUT2D eigenvalue weighted by Gasteiger charge is -2.33. The zero-order valence-corrected chi connectivity index (χ0v) is 15.0. The van der Waals surface area contributed by atoms with Gasteiger partial charge in [-0.25, -0.2) is 13.2 Å². The summed E-state index contributed by atoms with van der Waals surface area (Å²) in [5, 5.41) is 1.59. The molecule has 0 amide bonds. The molecule has 6 nitrogen and oxygen atoms in total. The molecular weight excluding hydrogens is 348 g/mol. The van der Waals surface area contributed by atoms with Crippen molar-refractivity contribution in [1.29, 1.82) is 0 Å². The van der Waals surface area contributed by atoms with Crippen LogP contribution in [0.2, 0.25) is 0 Å². The van der Waals surface area contributed by atoms with E-state index in [0.717, 1.165) is 24.2 Å². The molecule has 2 atom stereocenters. The number of nitrogens with two attached hydrogens (primary N) is 1.